The number of hydrogen-bond acceptors (Lipinski definition) is 6. The minimum Gasteiger partial charge on any atom is -0.496 e. The molecule has 0 radical (unpaired) electrons. The highest BCUT2D eigenvalue weighted by Crippen LogP contribution is 2.47. The van der Waals surface area contributed by atoms with Crippen LogP contribution in [-0.2, 0) is 0 Å². The van der Waals surface area contributed by atoms with Gasteiger partial charge in [-0.25, -0.2) is 0 Å². The van der Waals surface area contributed by atoms with Crippen LogP contribution >= 0.6 is 0 Å². The van der Waals surface area contributed by atoms with Crippen molar-refractivity contribution >= 4 is 22.5 Å². The average molecular weight is 424 g/mol. The van der Waals surface area contributed by atoms with Gasteiger partial charge in [-0.05, 0) is 31.0 Å². The van der Waals surface area contributed by atoms with Crippen molar-refractivity contribution in [2.24, 2.45) is 0 Å². The fourth-order valence-electron chi connectivity index (χ4n) is 4.35. The summed E-state index contributed by atoms with van der Waals surface area (Å²) < 4.78 is 28.4. The number of amides is 1. The highest BCUT2D eigenvalue weighted by atomic mass is 16.7. The predicted molar refractivity (Wildman–Crippen MR) is 115 cm³/mol. The summed E-state index contributed by atoms with van der Waals surface area (Å²) in [5, 5.41) is 3.63. The van der Waals surface area contributed by atoms with Gasteiger partial charge in [0, 0.05) is 36.0 Å². The van der Waals surface area contributed by atoms with Crippen molar-refractivity contribution < 1.29 is 28.5 Å². The maximum atomic E-state index is 13.0. The van der Waals surface area contributed by atoms with Gasteiger partial charge in [-0.15, -0.1) is 0 Å². The second kappa shape index (κ2) is 7.30. The third-order valence-electron chi connectivity index (χ3n) is 5.84. The Morgan fingerprint density at radius 1 is 0.968 bits per heavy atom. The average Bonchev–Trinajstić information content (AvgIpc) is 3.50. The molecule has 1 saturated carbocycles. The number of hydrogen-bond donors (Lipinski definition) is 2. The van der Waals surface area contributed by atoms with Gasteiger partial charge in [0.2, 0.25) is 0 Å². The molecule has 1 amide bonds. The second-order valence-electron chi connectivity index (χ2n) is 7.72. The molecule has 0 saturated heterocycles. The number of benzene rings is 2. The van der Waals surface area contributed by atoms with E-state index < -0.39 is 5.79 Å². The number of carbonyl (C=O) groups excluding carboxylic acids is 1. The maximum Gasteiger partial charge on any atom is 0.272 e. The van der Waals surface area contributed by atoms with Gasteiger partial charge < -0.3 is 34.0 Å². The Labute approximate surface area is 179 Å². The van der Waals surface area contributed by atoms with E-state index in [1.54, 1.807) is 45.6 Å². The van der Waals surface area contributed by atoms with Crippen molar-refractivity contribution in [1.82, 2.24) is 4.98 Å². The largest absolute Gasteiger partial charge is 0.496 e. The van der Waals surface area contributed by atoms with E-state index in [0.29, 0.717) is 45.6 Å². The fourth-order valence-corrected chi connectivity index (χ4v) is 4.35. The molecule has 0 unspecified atom stereocenters. The molecule has 5 rings (SSSR count). The smallest absolute Gasteiger partial charge is 0.272 e. The Bertz CT molecular complexity index is 1160. The molecule has 162 valence electrons. The number of rotatable bonds is 5. The molecule has 0 atom stereocenters. The standard InChI is InChI=1S/C23H24N2O6/c1-27-17-12-19(28-2)21(29-3)20-14(17)11-15(25-20)22(26)24-13-6-7-16-18(10-13)31-23(30-16)8-4-5-9-23/h6-7,10-12,25H,4-5,8-9H2,1-3H3,(H,24,26). The van der Waals surface area contributed by atoms with Crippen LogP contribution < -0.4 is 29.0 Å². The summed E-state index contributed by atoms with van der Waals surface area (Å²) in [6.07, 6.45) is 3.95. The number of carbonyl (C=O) groups is 1. The number of aromatic nitrogens is 1. The Morgan fingerprint density at radius 3 is 2.42 bits per heavy atom. The Hall–Kier alpha value is -3.55. The van der Waals surface area contributed by atoms with E-state index in [2.05, 4.69) is 10.3 Å². The molecule has 8 nitrogen and oxygen atoms in total. The van der Waals surface area contributed by atoms with Crippen molar-refractivity contribution in [3.63, 3.8) is 0 Å². The van der Waals surface area contributed by atoms with Crippen LogP contribution in [-0.4, -0.2) is 38.0 Å². The molecular formula is C23H24N2O6. The first-order chi connectivity index (χ1) is 15.1. The number of ether oxygens (including phenoxy) is 5. The van der Waals surface area contributed by atoms with Crippen LogP contribution in [0.15, 0.2) is 30.3 Å². The van der Waals surface area contributed by atoms with E-state index in [0.717, 1.165) is 31.1 Å². The molecule has 0 bridgehead atoms. The number of fused-ring (bicyclic) bond motifs is 2. The molecule has 2 heterocycles. The first kappa shape index (κ1) is 19.4. The van der Waals surface area contributed by atoms with Crippen LogP contribution in [0.3, 0.4) is 0 Å². The van der Waals surface area contributed by atoms with Crippen LogP contribution in [0.25, 0.3) is 10.9 Å². The van der Waals surface area contributed by atoms with Crippen LogP contribution in [0.1, 0.15) is 36.2 Å². The topological polar surface area (TPSA) is 91.0 Å². The molecule has 2 N–H and O–H groups in total. The number of H-pyrrole nitrogens is 1. The van der Waals surface area contributed by atoms with Crippen LogP contribution in [0.5, 0.6) is 28.7 Å². The van der Waals surface area contributed by atoms with Gasteiger partial charge in [-0.1, -0.05) is 0 Å². The van der Waals surface area contributed by atoms with Crippen molar-refractivity contribution in [3.05, 3.63) is 36.0 Å². The zero-order valence-electron chi connectivity index (χ0n) is 17.7. The minimum atomic E-state index is -0.533. The third kappa shape index (κ3) is 3.19. The predicted octanol–water partition coefficient (Wildman–Crippen LogP) is 4.49. The molecule has 1 fully saturated rings. The maximum absolute atomic E-state index is 13.0. The lowest BCUT2D eigenvalue weighted by molar-refractivity contribution is -0.0716. The molecule has 1 aromatic heterocycles. The highest BCUT2D eigenvalue weighted by Gasteiger charge is 2.44. The van der Waals surface area contributed by atoms with Gasteiger partial charge in [-0.2, -0.15) is 0 Å². The molecule has 1 aliphatic heterocycles. The molecule has 31 heavy (non-hydrogen) atoms. The number of anilines is 1. The van der Waals surface area contributed by atoms with Crippen LogP contribution in [0.4, 0.5) is 5.69 Å². The number of methoxy groups -OCH3 is 3. The first-order valence-corrected chi connectivity index (χ1v) is 10.2. The van der Waals surface area contributed by atoms with E-state index >= 15 is 0 Å². The molecule has 1 spiro atoms. The summed E-state index contributed by atoms with van der Waals surface area (Å²) in [6, 6.07) is 8.90. The SMILES string of the molecule is COc1cc(OC)c2cc(C(=O)Nc3ccc4c(c3)OC3(CCCC3)O4)[nH]c2c1OC. The summed E-state index contributed by atoms with van der Waals surface area (Å²) >= 11 is 0. The molecule has 2 aliphatic rings. The van der Waals surface area contributed by atoms with Gasteiger partial charge in [0.15, 0.2) is 23.0 Å². The van der Waals surface area contributed by atoms with Gasteiger partial charge in [0.1, 0.15) is 11.4 Å². The first-order valence-electron chi connectivity index (χ1n) is 10.2. The lowest BCUT2D eigenvalue weighted by atomic mass is 10.2. The molecule has 8 heteroatoms. The summed E-state index contributed by atoms with van der Waals surface area (Å²) in [4.78, 5) is 16.1. The molecule has 3 aromatic rings. The summed E-state index contributed by atoms with van der Waals surface area (Å²) in [7, 11) is 4.67. The van der Waals surface area contributed by atoms with E-state index in [9.17, 15) is 4.79 Å². The van der Waals surface area contributed by atoms with Gasteiger partial charge in [-0.3, -0.25) is 4.79 Å². The lowest BCUT2D eigenvalue weighted by Crippen LogP contribution is -2.34. The third-order valence-corrected chi connectivity index (χ3v) is 5.84. The van der Waals surface area contributed by atoms with E-state index in [-0.39, 0.29) is 5.91 Å². The Balaban J connectivity index is 1.43. The monoisotopic (exact) mass is 424 g/mol. The van der Waals surface area contributed by atoms with E-state index in [1.165, 1.54) is 0 Å². The van der Waals surface area contributed by atoms with Crippen molar-refractivity contribution in [2.45, 2.75) is 31.5 Å². The summed E-state index contributed by atoms with van der Waals surface area (Å²) in [5.41, 5.74) is 1.61. The second-order valence-corrected chi connectivity index (χ2v) is 7.72. The summed E-state index contributed by atoms with van der Waals surface area (Å²) in [6.45, 7) is 0. The van der Waals surface area contributed by atoms with E-state index in [4.69, 9.17) is 23.7 Å². The zero-order valence-corrected chi connectivity index (χ0v) is 17.7. The summed E-state index contributed by atoms with van der Waals surface area (Å²) in [5.74, 6) is 2.13. The van der Waals surface area contributed by atoms with Crippen LogP contribution in [0.2, 0.25) is 0 Å². The quantitative estimate of drug-likeness (QED) is 0.627. The van der Waals surface area contributed by atoms with Crippen LogP contribution in [0, 0.1) is 0 Å². The van der Waals surface area contributed by atoms with E-state index in [1.807, 2.05) is 6.07 Å². The van der Waals surface area contributed by atoms with Gasteiger partial charge in [0.25, 0.3) is 11.7 Å². The Morgan fingerprint density at radius 2 is 1.71 bits per heavy atom. The van der Waals surface area contributed by atoms with Gasteiger partial charge >= 0.3 is 0 Å². The highest BCUT2D eigenvalue weighted by molar-refractivity contribution is 6.08. The van der Waals surface area contributed by atoms with Crippen molar-refractivity contribution in [3.8, 4) is 28.7 Å². The number of nitrogens with one attached hydrogen (secondary N) is 2. The zero-order chi connectivity index (χ0) is 21.6. The van der Waals surface area contributed by atoms with Crippen molar-refractivity contribution in [2.75, 3.05) is 26.6 Å². The molecule has 1 aliphatic carbocycles. The van der Waals surface area contributed by atoms with Crippen molar-refractivity contribution in [1.29, 1.82) is 0 Å². The number of aromatic amines is 1. The fraction of sp³-hybridized carbons (Fsp3) is 0.348. The lowest BCUT2D eigenvalue weighted by Gasteiger charge is -2.21. The molecular weight excluding hydrogens is 400 g/mol. The normalized spacial score (nSPS) is 16.0. The molecule has 2 aromatic carbocycles. The Kier molecular flexibility index (Phi) is 4.57. The minimum absolute atomic E-state index is 0.297. The van der Waals surface area contributed by atoms with Gasteiger partial charge in [0.05, 0.1) is 26.8 Å².